The minimum absolute atomic E-state index is 0.00594. The molecule has 0 spiro atoms. The lowest BCUT2D eigenvalue weighted by Gasteiger charge is -2.29. The fourth-order valence-electron chi connectivity index (χ4n) is 3.26. The number of halogens is 1. The van der Waals surface area contributed by atoms with Crippen molar-refractivity contribution >= 4 is 29.1 Å². The first kappa shape index (κ1) is 16.4. The maximum absolute atomic E-state index is 12.9. The molecule has 0 radical (unpaired) electrons. The summed E-state index contributed by atoms with van der Waals surface area (Å²) in [5.74, 6) is 0.239. The van der Waals surface area contributed by atoms with E-state index in [1.54, 1.807) is 11.8 Å². The topological polar surface area (TPSA) is 30.0 Å². The Morgan fingerprint density at radius 2 is 1.72 bits per heavy atom. The number of hydrogen-bond acceptors (Lipinski definition) is 3. The van der Waals surface area contributed by atoms with E-state index >= 15 is 0 Å². The van der Waals surface area contributed by atoms with Crippen LogP contribution in [0.1, 0.15) is 34.4 Å². The van der Waals surface area contributed by atoms with E-state index in [2.05, 4.69) is 4.98 Å². The first-order chi connectivity index (χ1) is 12.2. The van der Waals surface area contributed by atoms with Crippen LogP contribution in [-0.4, -0.2) is 10.8 Å². The van der Waals surface area contributed by atoms with E-state index in [0.29, 0.717) is 11.4 Å². The summed E-state index contributed by atoms with van der Waals surface area (Å²) in [7, 11) is 0. The normalized spacial score (nSPS) is 19.5. The molecule has 2 unspecified atom stereocenters. The van der Waals surface area contributed by atoms with E-state index in [9.17, 15) is 4.79 Å². The van der Waals surface area contributed by atoms with E-state index in [1.165, 1.54) is 0 Å². The molecule has 0 bridgehead atoms. The fraction of sp³-hybridized carbons (Fsp3) is 0.143. The van der Waals surface area contributed by atoms with Crippen LogP contribution < -0.4 is 0 Å². The molecule has 1 aromatic heterocycles. The number of hydrogen-bond donors (Lipinski definition) is 0. The molecule has 3 aromatic rings. The van der Waals surface area contributed by atoms with Crippen molar-refractivity contribution in [3.63, 3.8) is 0 Å². The molecule has 0 saturated heterocycles. The molecule has 4 heteroatoms. The molecule has 0 aliphatic heterocycles. The molecule has 124 valence electrons. The number of pyridine rings is 1. The van der Waals surface area contributed by atoms with Gasteiger partial charge in [-0.2, -0.15) is 0 Å². The van der Waals surface area contributed by atoms with Crippen LogP contribution in [0, 0.1) is 0 Å². The summed E-state index contributed by atoms with van der Waals surface area (Å²) < 4.78 is 0. The molecule has 1 aliphatic carbocycles. The summed E-state index contributed by atoms with van der Waals surface area (Å²) in [4.78, 5) is 18.7. The van der Waals surface area contributed by atoms with Gasteiger partial charge in [-0.3, -0.25) is 9.78 Å². The van der Waals surface area contributed by atoms with E-state index in [1.807, 2.05) is 72.9 Å². The molecule has 2 aromatic carbocycles. The van der Waals surface area contributed by atoms with Crippen molar-refractivity contribution in [1.82, 2.24) is 4.98 Å². The predicted octanol–water partition coefficient (Wildman–Crippen LogP) is 5.67. The van der Waals surface area contributed by atoms with Crippen LogP contribution in [0.4, 0.5) is 0 Å². The van der Waals surface area contributed by atoms with Crippen LogP contribution in [0.3, 0.4) is 0 Å². The van der Waals surface area contributed by atoms with Crippen molar-refractivity contribution in [3.05, 3.63) is 94.8 Å². The van der Waals surface area contributed by atoms with Crippen LogP contribution in [-0.2, 0) is 4.79 Å². The maximum Gasteiger partial charge on any atom is 0.151 e. The highest BCUT2D eigenvalue weighted by molar-refractivity contribution is 8.00. The zero-order chi connectivity index (χ0) is 17.2. The smallest absolute Gasteiger partial charge is 0.151 e. The quantitative estimate of drug-likeness (QED) is 0.598. The highest BCUT2D eigenvalue weighted by atomic mass is 35.5. The van der Waals surface area contributed by atoms with Crippen LogP contribution in [0.2, 0.25) is 5.02 Å². The number of nitrogens with zero attached hydrogens (tertiary/aromatic N) is 1. The Bertz CT molecular complexity index is 895. The zero-order valence-corrected chi connectivity index (χ0v) is 15.0. The Balaban J connectivity index is 1.73. The highest BCUT2D eigenvalue weighted by Gasteiger charge is 2.35. The van der Waals surface area contributed by atoms with Gasteiger partial charge in [0, 0.05) is 28.5 Å². The third-order valence-corrected chi connectivity index (χ3v) is 6.00. The average molecular weight is 366 g/mol. The summed E-state index contributed by atoms with van der Waals surface area (Å²) in [6.07, 6.45) is 2.28. The number of aromatic nitrogens is 1. The Morgan fingerprint density at radius 1 is 0.960 bits per heavy atom. The van der Waals surface area contributed by atoms with Gasteiger partial charge in [0.05, 0.1) is 10.9 Å². The molecule has 25 heavy (non-hydrogen) atoms. The largest absolute Gasteiger partial charge is 0.298 e. The summed E-state index contributed by atoms with van der Waals surface area (Å²) in [6.45, 7) is 0. The van der Waals surface area contributed by atoms with Gasteiger partial charge < -0.3 is 0 Å². The molecular formula is C21H16ClNOS. The third-order valence-electron chi connectivity index (χ3n) is 4.45. The van der Waals surface area contributed by atoms with Gasteiger partial charge >= 0.3 is 0 Å². The number of Topliss-reactive ketones (excluding diaryl/α,β-unsaturated/α-hetero) is 1. The lowest BCUT2D eigenvalue weighted by Crippen LogP contribution is -2.23. The summed E-state index contributed by atoms with van der Waals surface area (Å²) in [5.41, 5.74) is 3.10. The second-order valence-corrected chi connectivity index (χ2v) is 7.68. The van der Waals surface area contributed by atoms with Gasteiger partial charge in [-0.1, -0.05) is 48.0 Å². The average Bonchev–Trinajstić information content (AvgIpc) is 2.65. The number of thioether (sulfide) groups is 1. The molecule has 0 saturated carbocycles. The molecular weight excluding hydrogens is 350 g/mol. The van der Waals surface area contributed by atoms with Crippen LogP contribution in [0.5, 0.6) is 0 Å². The number of carbonyl (C=O) groups excluding carboxylic acids is 1. The minimum Gasteiger partial charge on any atom is -0.298 e. The molecule has 0 N–H and O–H groups in total. The van der Waals surface area contributed by atoms with Gasteiger partial charge in [0.15, 0.2) is 5.78 Å². The monoisotopic (exact) mass is 365 g/mol. The van der Waals surface area contributed by atoms with Crippen molar-refractivity contribution < 1.29 is 4.79 Å². The fourth-order valence-corrected chi connectivity index (χ4v) is 4.52. The number of fused-ring (bicyclic) bond motifs is 1. The molecule has 1 heterocycles. The van der Waals surface area contributed by atoms with Crippen molar-refractivity contribution in [3.8, 4) is 0 Å². The van der Waals surface area contributed by atoms with Crippen LogP contribution in [0.25, 0.3) is 0 Å². The number of benzene rings is 2. The molecule has 0 amide bonds. The van der Waals surface area contributed by atoms with Gasteiger partial charge in [0.25, 0.3) is 0 Å². The zero-order valence-electron chi connectivity index (χ0n) is 13.4. The molecule has 0 fully saturated rings. The second kappa shape index (κ2) is 7.03. The van der Waals surface area contributed by atoms with Crippen LogP contribution >= 0.6 is 23.4 Å². The minimum atomic E-state index is -0.199. The van der Waals surface area contributed by atoms with Crippen molar-refractivity contribution in [1.29, 1.82) is 0 Å². The van der Waals surface area contributed by atoms with Crippen molar-refractivity contribution in [2.75, 3.05) is 0 Å². The number of ketones is 1. The number of rotatable bonds is 3. The van der Waals surface area contributed by atoms with Crippen LogP contribution in [0.15, 0.2) is 77.8 Å². The van der Waals surface area contributed by atoms with Gasteiger partial charge in [0.2, 0.25) is 0 Å². The number of carbonyl (C=O) groups is 1. The summed E-state index contributed by atoms with van der Waals surface area (Å²) in [5, 5.41) is 0.499. The van der Waals surface area contributed by atoms with Gasteiger partial charge in [-0.25, -0.2) is 0 Å². The standard InChI is InChI=1S/C21H16ClNOS/c22-15-10-8-14(9-11-15)18-13-19(24)21(17-7-4-12-23-20(17)18)25-16-5-2-1-3-6-16/h1-12,18,21H,13H2. The molecule has 2 nitrogen and oxygen atoms in total. The predicted molar refractivity (Wildman–Crippen MR) is 102 cm³/mol. The van der Waals surface area contributed by atoms with Gasteiger partial charge in [0.1, 0.15) is 0 Å². The Morgan fingerprint density at radius 3 is 2.48 bits per heavy atom. The molecule has 2 atom stereocenters. The second-order valence-electron chi connectivity index (χ2n) is 6.06. The Labute approximate surface area is 156 Å². The van der Waals surface area contributed by atoms with E-state index < -0.39 is 0 Å². The third kappa shape index (κ3) is 3.35. The first-order valence-corrected chi connectivity index (χ1v) is 9.43. The van der Waals surface area contributed by atoms with E-state index in [4.69, 9.17) is 11.6 Å². The lowest BCUT2D eigenvalue weighted by atomic mass is 9.81. The van der Waals surface area contributed by atoms with Gasteiger partial charge in [-0.15, -0.1) is 11.8 Å². The Kier molecular flexibility index (Phi) is 4.60. The maximum atomic E-state index is 12.9. The van der Waals surface area contributed by atoms with E-state index in [0.717, 1.165) is 21.7 Å². The Hall–Kier alpha value is -2.10. The molecule has 1 aliphatic rings. The first-order valence-electron chi connectivity index (χ1n) is 8.17. The van der Waals surface area contributed by atoms with Crippen molar-refractivity contribution in [2.45, 2.75) is 22.5 Å². The highest BCUT2D eigenvalue weighted by Crippen LogP contribution is 2.46. The SMILES string of the molecule is O=C1CC(c2ccc(Cl)cc2)c2ncccc2C1Sc1ccccc1. The van der Waals surface area contributed by atoms with Gasteiger partial charge in [-0.05, 0) is 41.5 Å². The summed E-state index contributed by atoms with van der Waals surface area (Å²) >= 11 is 7.61. The molecule has 4 rings (SSSR count). The lowest BCUT2D eigenvalue weighted by molar-refractivity contribution is -0.119. The van der Waals surface area contributed by atoms with E-state index in [-0.39, 0.29) is 17.0 Å². The summed E-state index contributed by atoms with van der Waals surface area (Å²) in [6, 6.07) is 21.7. The van der Waals surface area contributed by atoms with Crippen molar-refractivity contribution in [2.24, 2.45) is 0 Å².